The minimum absolute atomic E-state index is 0.0140. The van der Waals surface area contributed by atoms with Gasteiger partial charge in [-0.25, -0.2) is 0 Å². The van der Waals surface area contributed by atoms with E-state index in [1.165, 1.54) is 0 Å². The molecule has 0 bridgehead atoms. The second-order valence-corrected chi connectivity index (χ2v) is 4.88. The van der Waals surface area contributed by atoms with Gasteiger partial charge in [-0.2, -0.15) is 0 Å². The molecule has 2 aliphatic rings. The molecule has 0 aromatic rings. The van der Waals surface area contributed by atoms with E-state index in [1.54, 1.807) is 0 Å². The summed E-state index contributed by atoms with van der Waals surface area (Å²) in [5, 5.41) is 5.98. The molecule has 5 heteroatoms. The average molecular weight is 239 g/mol. The van der Waals surface area contributed by atoms with Crippen LogP contribution in [-0.2, 0) is 9.59 Å². The van der Waals surface area contributed by atoms with Crippen molar-refractivity contribution in [2.75, 3.05) is 26.2 Å². The molecule has 0 saturated carbocycles. The summed E-state index contributed by atoms with van der Waals surface area (Å²) in [5.41, 5.74) is 0. The molecule has 2 aliphatic heterocycles. The maximum Gasteiger partial charge on any atom is 0.227 e. The molecule has 1 unspecified atom stereocenters. The lowest BCUT2D eigenvalue weighted by Crippen LogP contribution is -2.60. The van der Waals surface area contributed by atoms with Crippen molar-refractivity contribution in [3.8, 4) is 0 Å². The zero-order chi connectivity index (χ0) is 12.3. The first-order valence-corrected chi connectivity index (χ1v) is 6.50. The highest BCUT2D eigenvalue weighted by Crippen LogP contribution is 2.17. The first kappa shape index (κ1) is 12.4. The zero-order valence-corrected chi connectivity index (χ0v) is 10.4. The molecule has 2 saturated heterocycles. The Morgan fingerprint density at radius 2 is 2.18 bits per heavy atom. The molecule has 2 rings (SSSR count). The zero-order valence-electron chi connectivity index (χ0n) is 10.4. The fourth-order valence-electron chi connectivity index (χ4n) is 2.39. The van der Waals surface area contributed by atoms with Gasteiger partial charge in [-0.05, 0) is 12.8 Å². The molecule has 2 N–H and O–H groups in total. The van der Waals surface area contributed by atoms with Crippen LogP contribution in [0.5, 0.6) is 0 Å². The molecule has 17 heavy (non-hydrogen) atoms. The third-order valence-corrected chi connectivity index (χ3v) is 3.56. The summed E-state index contributed by atoms with van der Waals surface area (Å²) in [4.78, 5) is 25.5. The van der Waals surface area contributed by atoms with Crippen molar-refractivity contribution in [1.82, 2.24) is 15.5 Å². The molecular formula is C12H21N3O2. The van der Waals surface area contributed by atoms with Gasteiger partial charge >= 0.3 is 0 Å². The fraction of sp³-hybridized carbons (Fsp3) is 0.833. The van der Waals surface area contributed by atoms with E-state index in [0.29, 0.717) is 25.4 Å². The third kappa shape index (κ3) is 2.77. The molecule has 5 nitrogen and oxygen atoms in total. The maximum atomic E-state index is 12.4. The molecule has 0 aromatic heterocycles. The lowest BCUT2D eigenvalue weighted by molar-refractivity contribution is -0.140. The Balaban J connectivity index is 1.92. The summed E-state index contributed by atoms with van der Waals surface area (Å²) in [7, 11) is 0. The molecule has 0 radical (unpaired) electrons. The maximum absolute atomic E-state index is 12.4. The van der Waals surface area contributed by atoms with Gasteiger partial charge in [0.2, 0.25) is 11.8 Å². The quantitative estimate of drug-likeness (QED) is 0.709. The number of rotatable bonds is 4. The number of hydrogen-bond donors (Lipinski definition) is 2. The Hall–Kier alpha value is -1.10. The van der Waals surface area contributed by atoms with E-state index in [9.17, 15) is 9.59 Å². The summed E-state index contributed by atoms with van der Waals surface area (Å²) in [6, 6.07) is 0.361. The minimum atomic E-state index is -0.0140. The normalized spacial score (nSPS) is 25.0. The fourth-order valence-corrected chi connectivity index (χ4v) is 2.39. The van der Waals surface area contributed by atoms with Crippen LogP contribution in [0.25, 0.3) is 0 Å². The van der Waals surface area contributed by atoms with Crippen molar-refractivity contribution in [2.45, 2.75) is 32.2 Å². The molecule has 2 fully saturated rings. The summed E-state index contributed by atoms with van der Waals surface area (Å²) in [6.07, 6.45) is 2.17. The van der Waals surface area contributed by atoms with Crippen LogP contribution in [-0.4, -0.2) is 48.9 Å². The van der Waals surface area contributed by atoms with E-state index >= 15 is 0 Å². The largest absolute Gasteiger partial charge is 0.355 e. The van der Waals surface area contributed by atoms with Crippen molar-refractivity contribution in [3.63, 3.8) is 0 Å². The Morgan fingerprint density at radius 3 is 2.65 bits per heavy atom. The number of nitrogens with one attached hydrogen (secondary N) is 2. The smallest absolute Gasteiger partial charge is 0.227 e. The first-order valence-electron chi connectivity index (χ1n) is 6.50. The van der Waals surface area contributed by atoms with Crippen LogP contribution in [0.1, 0.15) is 26.2 Å². The Bertz CT molecular complexity index is 292. The van der Waals surface area contributed by atoms with Gasteiger partial charge in [-0.3, -0.25) is 9.59 Å². The summed E-state index contributed by atoms with van der Waals surface area (Å²) in [6.45, 7) is 5.25. The molecule has 2 heterocycles. The summed E-state index contributed by atoms with van der Waals surface area (Å²) < 4.78 is 0. The monoisotopic (exact) mass is 239 g/mol. The molecule has 0 spiro atoms. The lowest BCUT2D eigenvalue weighted by Gasteiger charge is -2.40. The second kappa shape index (κ2) is 5.49. The van der Waals surface area contributed by atoms with Gasteiger partial charge in [0.25, 0.3) is 0 Å². The number of nitrogens with zero attached hydrogens (tertiary/aromatic N) is 1. The van der Waals surface area contributed by atoms with Crippen LogP contribution >= 0.6 is 0 Å². The minimum Gasteiger partial charge on any atom is -0.355 e. The van der Waals surface area contributed by atoms with E-state index in [2.05, 4.69) is 17.6 Å². The van der Waals surface area contributed by atoms with Gasteiger partial charge < -0.3 is 15.5 Å². The Labute approximate surface area is 102 Å². The van der Waals surface area contributed by atoms with Gasteiger partial charge in [0.05, 0.1) is 12.0 Å². The SMILES string of the molecule is CCCN(C(=O)C1CCC(=O)NC1)C1CNC1. The van der Waals surface area contributed by atoms with Crippen LogP contribution in [0.2, 0.25) is 0 Å². The highest BCUT2D eigenvalue weighted by molar-refractivity contribution is 5.84. The van der Waals surface area contributed by atoms with Crippen molar-refractivity contribution < 1.29 is 9.59 Å². The van der Waals surface area contributed by atoms with Gasteiger partial charge in [0.1, 0.15) is 0 Å². The van der Waals surface area contributed by atoms with E-state index in [1.807, 2.05) is 4.90 Å². The average Bonchev–Trinajstić information content (AvgIpc) is 2.26. The highest BCUT2D eigenvalue weighted by atomic mass is 16.2. The molecular weight excluding hydrogens is 218 g/mol. The molecule has 0 aromatic carbocycles. The Kier molecular flexibility index (Phi) is 3.99. The predicted octanol–water partition coefficient (Wildman–Crippen LogP) is -0.277. The predicted molar refractivity (Wildman–Crippen MR) is 64.4 cm³/mol. The first-order chi connectivity index (χ1) is 8.22. The van der Waals surface area contributed by atoms with Gasteiger partial charge in [-0.1, -0.05) is 6.92 Å². The number of hydrogen-bond acceptors (Lipinski definition) is 3. The van der Waals surface area contributed by atoms with Crippen molar-refractivity contribution in [3.05, 3.63) is 0 Å². The van der Waals surface area contributed by atoms with Gasteiger partial charge in [-0.15, -0.1) is 0 Å². The molecule has 2 amide bonds. The van der Waals surface area contributed by atoms with Gasteiger partial charge in [0, 0.05) is 32.6 Å². The van der Waals surface area contributed by atoms with E-state index in [-0.39, 0.29) is 17.7 Å². The van der Waals surface area contributed by atoms with E-state index in [4.69, 9.17) is 0 Å². The van der Waals surface area contributed by atoms with Crippen molar-refractivity contribution >= 4 is 11.8 Å². The van der Waals surface area contributed by atoms with E-state index in [0.717, 1.165) is 26.1 Å². The molecule has 96 valence electrons. The lowest BCUT2D eigenvalue weighted by atomic mass is 9.96. The van der Waals surface area contributed by atoms with Crippen molar-refractivity contribution in [2.24, 2.45) is 5.92 Å². The number of carbonyl (C=O) groups is 2. The number of amides is 2. The Morgan fingerprint density at radius 1 is 1.41 bits per heavy atom. The molecule has 1 atom stereocenters. The second-order valence-electron chi connectivity index (χ2n) is 4.88. The summed E-state index contributed by atoms with van der Waals surface area (Å²) in [5.74, 6) is 0.277. The van der Waals surface area contributed by atoms with Crippen molar-refractivity contribution in [1.29, 1.82) is 0 Å². The van der Waals surface area contributed by atoms with Crippen LogP contribution in [0.3, 0.4) is 0 Å². The van der Waals surface area contributed by atoms with Crippen LogP contribution in [0, 0.1) is 5.92 Å². The number of carbonyl (C=O) groups excluding carboxylic acids is 2. The van der Waals surface area contributed by atoms with Gasteiger partial charge in [0.15, 0.2) is 0 Å². The van der Waals surface area contributed by atoms with Crippen LogP contribution in [0.15, 0.2) is 0 Å². The number of piperidine rings is 1. The van der Waals surface area contributed by atoms with E-state index < -0.39 is 0 Å². The third-order valence-electron chi connectivity index (χ3n) is 3.56. The van der Waals surface area contributed by atoms with Crippen LogP contribution in [0.4, 0.5) is 0 Å². The topological polar surface area (TPSA) is 61.4 Å². The highest BCUT2D eigenvalue weighted by Gasteiger charge is 2.33. The standard InChI is InChI=1S/C12H21N3O2/c1-2-5-15(10-7-13-8-10)12(17)9-3-4-11(16)14-6-9/h9-10,13H,2-8H2,1H3,(H,14,16). The summed E-state index contributed by atoms with van der Waals surface area (Å²) >= 11 is 0. The van der Waals surface area contributed by atoms with Crippen LogP contribution < -0.4 is 10.6 Å². The molecule has 0 aliphatic carbocycles.